The highest BCUT2D eigenvalue weighted by Gasteiger charge is 2.26. The second kappa shape index (κ2) is 5.61. The summed E-state index contributed by atoms with van der Waals surface area (Å²) in [6, 6.07) is 0. The Morgan fingerprint density at radius 3 is 1.85 bits per heavy atom. The number of methoxy groups -OCH3 is 1. The smallest absolute Gasteiger partial charge is 0.0515 e. The first kappa shape index (κ1) is 12.9. The Bertz CT molecular complexity index is 132. The summed E-state index contributed by atoms with van der Waals surface area (Å²) < 4.78 is 4.75. The maximum absolute atomic E-state index is 4.75. The number of likely N-dealkylation sites (tertiary alicyclic amines) is 1. The molecule has 1 aliphatic heterocycles. The molecule has 1 rings (SSSR count). The Labute approximate surface area is 83.3 Å². The summed E-state index contributed by atoms with van der Waals surface area (Å²) in [4.78, 5) is 2.39. The van der Waals surface area contributed by atoms with E-state index in [1.54, 1.807) is 7.11 Å². The van der Waals surface area contributed by atoms with Crippen LogP contribution in [0.3, 0.4) is 0 Å². The minimum atomic E-state index is 0.384. The van der Waals surface area contributed by atoms with E-state index in [0.717, 1.165) is 0 Å². The minimum absolute atomic E-state index is 0.384. The van der Waals surface area contributed by atoms with Gasteiger partial charge in [-0.05, 0) is 39.3 Å². The molecular formula is C11H25NO. The van der Waals surface area contributed by atoms with Crippen molar-refractivity contribution in [3.63, 3.8) is 0 Å². The number of ether oxygens (including phenoxy) is 1. The van der Waals surface area contributed by atoms with Crippen LogP contribution in [0.4, 0.5) is 0 Å². The highest BCUT2D eigenvalue weighted by Crippen LogP contribution is 2.26. The van der Waals surface area contributed by atoms with Gasteiger partial charge in [0.1, 0.15) is 0 Å². The van der Waals surface area contributed by atoms with E-state index < -0.39 is 0 Å². The third-order valence-corrected chi connectivity index (χ3v) is 2.34. The molecule has 0 unspecified atom stereocenters. The molecule has 80 valence electrons. The van der Waals surface area contributed by atoms with Crippen LogP contribution in [0.2, 0.25) is 0 Å². The maximum Gasteiger partial charge on any atom is 0.0515 e. The van der Waals surface area contributed by atoms with E-state index in [4.69, 9.17) is 4.74 Å². The summed E-state index contributed by atoms with van der Waals surface area (Å²) in [5, 5.41) is 0. The lowest BCUT2D eigenvalue weighted by Gasteiger charge is -2.15. The van der Waals surface area contributed by atoms with E-state index in [1.165, 1.54) is 19.5 Å². The lowest BCUT2D eigenvalue weighted by Crippen LogP contribution is -2.18. The van der Waals surface area contributed by atoms with E-state index in [2.05, 4.69) is 25.8 Å². The second-order valence-corrected chi connectivity index (χ2v) is 4.94. The van der Waals surface area contributed by atoms with E-state index in [0.29, 0.717) is 11.5 Å². The molecule has 1 aliphatic rings. The molecule has 0 radical (unpaired) electrons. The highest BCUT2D eigenvalue weighted by atomic mass is 16.5. The Morgan fingerprint density at radius 2 is 1.77 bits per heavy atom. The van der Waals surface area contributed by atoms with Gasteiger partial charge < -0.3 is 9.64 Å². The van der Waals surface area contributed by atoms with E-state index >= 15 is 0 Å². The Hall–Kier alpha value is -0.0800. The van der Waals surface area contributed by atoms with Gasteiger partial charge in [0.2, 0.25) is 0 Å². The Morgan fingerprint density at radius 1 is 1.31 bits per heavy atom. The van der Waals surface area contributed by atoms with Crippen molar-refractivity contribution in [3.05, 3.63) is 0 Å². The van der Waals surface area contributed by atoms with Gasteiger partial charge in [-0.15, -0.1) is 0 Å². The normalized spacial score (nSPS) is 21.5. The van der Waals surface area contributed by atoms with Crippen LogP contribution in [0, 0.1) is 5.41 Å². The summed E-state index contributed by atoms with van der Waals surface area (Å²) in [6.45, 7) is 11.2. The summed E-state index contributed by atoms with van der Waals surface area (Å²) in [7, 11) is 3.89. The zero-order chi connectivity index (χ0) is 10.5. The molecule has 0 aromatic carbocycles. The molecule has 0 aromatic heterocycles. The molecule has 1 heterocycles. The van der Waals surface area contributed by atoms with Crippen LogP contribution in [0.1, 0.15) is 34.1 Å². The fourth-order valence-corrected chi connectivity index (χ4v) is 1.38. The van der Waals surface area contributed by atoms with E-state index in [-0.39, 0.29) is 0 Å². The monoisotopic (exact) mass is 187 g/mol. The second-order valence-electron chi connectivity index (χ2n) is 4.94. The quantitative estimate of drug-likeness (QED) is 0.625. The van der Waals surface area contributed by atoms with Crippen molar-refractivity contribution in [2.24, 2.45) is 5.41 Å². The van der Waals surface area contributed by atoms with Crippen LogP contribution >= 0.6 is 0 Å². The first-order valence-electron chi connectivity index (χ1n) is 5.09. The third kappa shape index (κ3) is 7.03. The number of nitrogens with zero attached hydrogens (tertiary/aromatic N) is 1. The summed E-state index contributed by atoms with van der Waals surface area (Å²) in [5.74, 6) is 0. The predicted molar refractivity (Wildman–Crippen MR) is 58.0 cm³/mol. The molecular weight excluding hydrogens is 162 g/mol. The molecule has 1 fully saturated rings. The average Bonchev–Trinajstić information content (AvgIpc) is 2.30. The molecule has 0 N–H and O–H groups in total. The summed E-state index contributed by atoms with van der Waals surface area (Å²) in [5.41, 5.74) is 0.592. The fraction of sp³-hybridized carbons (Fsp3) is 1.00. The first-order valence-corrected chi connectivity index (χ1v) is 5.09. The molecule has 0 spiro atoms. The number of rotatable bonds is 1. The topological polar surface area (TPSA) is 12.5 Å². The molecule has 0 aliphatic carbocycles. The third-order valence-electron chi connectivity index (χ3n) is 2.34. The van der Waals surface area contributed by atoms with Crippen LogP contribution in [0.15, 0.2) is 0 Å². The van der Waals surface area contributed by atoms with Crippen molar-refractivity contribution in [2.75, 3.05) is 27.2 Å². The molecule has 0 bridgehead atoms. The van der Waals surface area contributed by atoms with Crippen molar-refractivity contribution in [1.82, 2.24) is 4.90 Å². The summed E-state index contributed by atoms with van der Waals surface area (Å²) >= 11 is 0. The van der Waals surface area contributed by atoms with Gasteiger partial charge in [0.15, 0.2) is 0 Å². The van der Waals surface area contributed by atoms with E-state index in [1.807, 2.05) is 13.8 Å². The van der Waals surface area contributed by atoms with Crippen molar-refractivity contribution >= 4 is 0 Å². The zero-order valence-corrected chi connectivity index (χ0v) is 10.1. The summed E-state index contributed by atoms with van der Waals surface area (Å²) in [6.07, 6.45) is 1.75. The van der Waals surface area contributed by atoms with Gasteiger partial charge >= 0.3 is 0 Å². The number of hydrogen-bond donors (Lipinski definition) is 0. The SMILES string of the molecule is CN1CCC(C)(C)C1.COC(C)C. The van der Waals surface area contributed by atoms with Gasteiger partial charge in [-0.2, -0.15) is 0 Å². The van der Waals surface area contributed by atoms with Gasteiger partial charge in [0.05, 0.1) is 6.10 Å². The first-order chi connectivity index (χ1) is 5.87. The van der Waals surface area contributed by atoms with Gasteiger partial charge in [-0.25, -0.2) is 0 Å². The van der Waals surface area contributed by atoms with Gasteiger partial charge in [0.25, 0.3) is 0 Å². The van der Waals surface area contributed by atoms with Crippen molar-refractivity contribution in [2.45, 2.75) is 40.2 Å². The minimum Gasteiger partial charge on any atom is -0.382 e. The fourth-order valence-electron chi connectivity index (χ4n) is 1.38. The molecule has 2 heteroatoms. The van der Waals surface area contributed by atoms with Gasteiger partial charge in [-0.1, -0.05) is 13.8 Å². The molecule has 1 saturated heterocycles. The highest BCUT2D eigenvalue weighted by molar-refractivity contribution is 4.79. The lowest BCUT2D eigenvalue weighted by molar-refractivity contribution is 0.134. The largest absolute Gasteiger partial charge is 0.382 e. The van der Waals surface area contributed by atoms with Crippen LogP contribution in [0.25, 0.3) is 0 Å². The van der Waals surface area contributed by atoms with Crippen LogP contribution < -0.4 is 0 Å². The van der Waals surface area contributed by atoms with Gasteiger partial charge in [-0.3, -0.25) is 0 Å². The van der Waals surface area contributed by atoms with Crippen LogP contribution in [-0.2, 0) is 4.74 Å². The Balaban J connectivity index is 0.000000252. The van der Waals surface area contributed by atoms with Crippen molar-refractivity contribution in [3.8, 4) is 0 Å². The maximum atomic E-state index is 4.75. The van der Waals surface area contributed by atoms with Crippen LogP contribution in [-0.4, -0.2) is 38.3 Å². The lowest BCUT2D eigenvalue weighted by atomic mass is 9.93. The predicted octanol–water partition coefficient (Wildman–Crippen LogP) is 2.39. The van der Waals surface area contributed by atoms with Crippen molar-refractivity contribution in [1.29, 1.82) is 0 Å². The molecule has 2 nitrogen and oxygen atoms in total. The van der Waals surface area contributed by atoms with Gasteiger partial charge in [0, 0.05) is 13.7 Å². The standard InChI is InChI=1S/C7H15N.C4H10O/c1-7(2)4-5-8(3)6-7;1-4(2)5-3/h4-6H2,1-3H3;4H,1-3H3. The average molecular weight is 187 g/mol. The molecule has 0 atom stereocenters. The van der Waals surface area contributed by atoms with Crippen LogP contribution in [0.5, 0.6) is 0 Å². The molecule has 13 heavy (non-hydrogen) atoms. The zero-order valence-electron chi connectivity index (χ0n) is 10.1. The molecule has 0 saturated carbocycles. The number of hydrogen-bond acceptors (Lipinski definition) is 2. The Kier molecular flexibility index (Phi) is 5.57. The van der Waals surface area contributed by atoms with Crippen molar-refractivity contribution < 1.29 is 4.74 Å². The van der Waals surface area contributed by atoms with E-state index in [9.17, 15) is 0 Å². The molecule has 0 amide bonds. The molecule has 0 aromatic rings.